The molecule has 92 valence electrons. The number of nitrogens with one attached hydrogen (secondary N) is 1. The third-order valence-electron chi connectivity index (χ3n) is 2.45. The van der Waals surface area contributed by atoms with Gasteiger partial charge in [-0.25, -0.2) is 5.43 Å². The highest BCUT2D eigenvalue weighted by Crippen LogP contribution is 2.14. The molecule has 4 heteroatoms. The Morgan fingerprint density at radius 3 is 2.72 bits per heavy atom. The first-order valence-electron chi connectivity index (χ1n) is 5.51. The van der Waals surface area contributed by atoms with Crippen molar-refractivity contribution < 1.29 is 9.84 Å². The van der Waals surface area contributed by atoms with Crippen molar-refractivity contribution in [2.24, 2.45) is 5.10 Å². The maximum atomic E-state index is 9.67. The lowest BCUT2D eigenvalue weighted by Crippen LogP contribution is -2.07. The van der Waals surface area contributed by atoms with E-state index in [-0.39, 0.29) is 5.88 Å². The number of allylic oxidation sites excluding steroid dienone is 5. The summed E-state index contributed by atoms with van der Waals surface area (Å²) in [5, 5.41) is 13.6. The minimum atomic E-state index is 0.0196. The van der Waals surface area contributed by atoms with Crippen LogP contribution in [0.15, 0.2) is 65.1 Å². The SMILES string of the molecule is COc1ccccc1C=NNC(O)=C1C=CC=C1. The van der Waals surface area contributed by atoms with Gasteiger partial charge in [-0.05, 0) is 24.3 Å². The number of aliphatic hydroxyl groups is 1. The van der Waals surface area contributed by atoms with Crippen LogP contribution in [-0.4, -0.2) is 18.4 Å². The average molecular weight is 242 g/mol. The van der Waals surface area contributed by atoms with E-state index in [2.05, 4.69) is 10.5 Å². The Morgan fingerprint density at radius 2 is 2.00 bits per heavy atom. The summed E-state index contributed by atoms with van der Waals surface area (Å²) in [4.78, 5) is 0. The maximum Gasteiger partial charge on any atom is 0.212 e. The Bertz CT molecular complexity index is 528. The lowest BCUT2D eigenvalue weighted by molar-refractivity contribution is 0.365. The van der Waals surface area contributed by atoms with Gasteiger partial charge in [-0.3, -0.25) is 0 Å². The molecule has 0 saturated heterocycles. The molecule has 18 heavy (non-hydrogen) atoms. The number of nitrogens with zero attached hydrogens (tertiary/aromatic N) is 1. The summed E-state index contributed by atoms with van der Waals surface area (Å²) < 4.78 is 5.19. The predicted molar refractivity (Wildman–Crippen MR) is 71.7 cm³/mol. The number of benzene rings is 1. The quantitative estimate of drug-likeness (QED) is 0.484. The molecule has 0 saturated carbocycles. The second-order valence-electron chi connectivity index (χ2n) is 3.63. The van der Waals surface area contributed by atoms with Crippen molar-refractivity contribution >= 4 is 6.21 Å². The largest absolute Gasteiger partial charge is 0.496 e. The number of hydrazone groups is 1. The van der Waals surface area contributed by atoms with Gasteiger partial charge in [0.25, 0.3) is 0 Å². The lowest BCUT2D eigenvalue weighted by Gasteiger charge is -2.03. The third kappa shape index (κ3) is 2.79. The van der Waals surface area contributed by atoms with Crippen LogP contribution in [0, 0.1) is 0 Å². The Labute approximate surface area is 106 Å². The van der Waals surface area contributed by atoms with E-state index in [0.29, 0.717) is 5.57 Å². The van der Waals surface area contributed by atoms with E-state index in [1.54, 1.807) is 25.5 Å². The molecule has 0 bridgehead atoms. The molecular weight excluding hydrogens is 228 g/mol. The van der Waals surface area contributed by atoms with Crippen molar-refractivity contribution in [1.82, 2.24) is 5.43 Å². The van der Waals surface area contributed by atoms with Crippen molar-refractivity contribution in [2.45, 2.75) is 0 Å². The Balaban J connectivity index is 2.06. The van der Waals surface area contributed by atoms with E-state index in [1.165, 1.54) is 0 Å². The molecule has 0 fully saturated rings. The van der Waals surface area contributed by atoms with E-state index < -0.39 is 0 Å². The summed E-state index contributed by atoms with van der Waals surface area (Å²) in [6.45, 7) is 0. The van der Waals surface area contributed by atoms with Gasteiger partial charge in [0.2, 0.25) is 5.88 Å². The second-order valence-corrected chi connectivity index (χ2v) is 3.63. The molecule has 2 rings (SSSR count). The summed E-state index contributed by atoms with van der Waals surface area (Å²) >= 11 is 0. The van der Waals surface area contributed by atoms with Crippen LogP contribution in [-0.2, 0) is 0 Å². The Hall–Kier alpha value is -2.49. The van der Waals surface area contributed by atoms with Crippen molar-refractivity contribution in [1.29, 1.82) is 0 Å². The van der Waals surface area contributed by atoms with E-state index in [9.17, 15) is 5.11 Å². The first kappa shape index (κ1) is 12.0. The molecule has 0 radical (unpaired) electrons. The molecule has 0 unspecified atom stereocenters. The van der Waals surface area contributed by atoms with Gasteiger partial charge in [0.15, 0.2) is 0 Å². The van der Waals surface area contributed by atoms with Gasteiger partial charge in [0.1, 0.15) is 5.75 Å². The van der Waals surface area contributed by atoms with Crippen molar-refractivity contribution in [3.8, 4) is 5.75 Å². The molecule has 0 spiro atoms. The highest BCUT2D eigenvalue weighted by Gasteiger charge is 2.01. The Morgan fingerprint density at radius 1 is 1.28 bits per heavy atom. The summed E-state index contributed by atoms with van der Waals surface area (Å²) in [5.41, 5.74) is 4.11. The van der Waals surface area contributed by atoms with Crippen LogP contribution in [0.3, 0.4) is 0 Å². The van der Waals surface area contributed by atoms with Crippen LogP contribution in [0.5, 0.6) is 5.75 Å². The smallest absolute Gasteiger partial charge is 0.212 e. The minimum Gasteiger partial charge on any atom is -0.496 e. The molecule has 1 aromatic carbocycles. The first-order valence-corrected chi connectivity index (χ1v) is 5.51. The number of hydrogen-bond acceptors (Lipinski definition) is 4. The van der Waals surface area contributed by atoms with Gasteiger partial charge in [0, 0.05) is 11.1 Å². The zero-order valence-corrected chi connectivity index (χ0v) is 10.00. The molecule has 0 atom stereocenters. The maximum absolute atomic E-state index is 9.67. The fraction of sp³-hybridized carbons (Fsp3) is 0.0714. The van der Waals surface area contributed by atoms with Crippen LogP contribution < -0.4 is 10.2 Å². The molecular formula is C14H14N2O2. The van der Waals surface area contributed by atoms with Gasteiger partial charge in [0.05, 0.1) is 13.3 Å². The molecule has 1 aliphatic rings. The fourth-order valence-corrected chi connectivity index (χ4v) is 1.53. The number of methoxy groups -OCH3 is 1. The third-order valence-corrected chi connectivity index (χ3v) is 2.45. The number of para-hydroxylation sites is 1. The number of hydrogen-bond donors (Lipinski definition) is 2. The summed E-state index contributed by atoms with van der Waals surface area (Å²) in [6, 6.07) is 7.51. The molecule has 0 heterocycles. The fourth-order valence-electron chi connectivity index (χ4n) is 1.53. The highest BCUT2D eigenvalue weighted by atomic mass is 16.5. The normalized spacial score (nSPS) is 13.3. The Kier molecular flexibility index (Phi) is 3.81. The molecule has 2 N–H and O–H groups in total. The van der Waals surface area contributed by atoms with E-state index in [1.807, 2.05) is 36.4 Å². The first-order chi connectivity index (χ1) is 8.81. The monoisotopic (exact) mass is 242 g/mol. The van der Waals surface area contributed by atoms with Crippen LogP contribution in [0.1, 0.15) is 5.56 Å². The van der Waals surface area contributed by atoms with Crippen molar-refractivity contribution in [2.75, 3.05) is 7.11 Å². The predicted octanol–water partition coefficient (Wildman–Crippen LogP) is 2.51. The second kappa shape index (κ2) is 5.72. The number of ether oxygens (including phenoxy) is 1. The minimum absolute atomic E-state index is 0.0196. The summed E-state index contributed by atoms with van der Waals surface area (Å²) in [5.74, 6) is 0.752. The summed E-state index contributed by atoms with van der Waals surface area (Å²) in [6.07, 6.45) is 8.87. The molecule has 0 amide bonds. The molecule has 1 aliphatic carbocycles. The van der Waals surface area contributed by atoms with Crippen molar-refractivity contribution in [3.63, 3.8) is 0 Å². The van der Waals surface area contributed by atoms with Crippen molar-refractivity contribution in [3.05, 3.63) is 65.6 Å². The van der Waals surface area contributed by atoms with Gasteiger partial charge in [-0.1, -0.05) is 24.3 Å². The average Bonchev–Trinajstić information content (AvgIpc) is 2.93. The topological polar surface area (TPSA) is 53.8 Å². The van der Waals surface area contributed by atoms with Crippen LogP contribution >= 0.6 is 0 Å². The standard InChI is InChI=1S/C14H14N2O2/c1-18-13-9-5-4-8-12(13)10-15-16-14(17)11-6-2-3-7-11/h2-10,16-17H,1H3. The van der Waals surface area contributed by atoms with Crippen LogP contribution in [0.2, 0.25) is 0 Å². The van der Waals surface area contributed by atoms with Gasteiger partial charge in [-0.15, -0.1) is 0 Å². The van der Waals surface area contributed by atoms with Crippen LogP contribution in [0.25, 0.3) is 0 Å². The highest BCUT2D eigenvalue weighted by molar-refractivity contribution is 5.83. The molecule has 0 aliphatic heterocycles. The molecule has 1 aromatic rings. The zero-order valence-electron chi connectivity index (χ0n) is 10.00. The van der Waals surface area contributed by atoms with E-state index >= 15 is 0 Å². The van der Waals surface area contributed by atoms with E-state index in [4.69, 9.17) is 4.74 Å². The number of aliphatic hydroxyl groups excluding tert-OH is 1. The van der Waals surface area contributed by atoms with Gasteiger partial charge < -0.3 is 9.84 Å². The van der Waals surface area contributed by atoms with Crippen LogP contribution in [0.4, 0.5) is 0 Å². The molecule has 0 aromatic heterocycles. The molecule has 4 nitrogen and oxygen atoms in total. The van der Waals surface area contributed by atoms with E-state index in [0.717, 1.165) is 11.3 Å². The van der Waals surface area contributed by atoms with Gasteiger partial charge >= 0.3 is 0 Å². The zero-order chi connectivity index (χ0) is 12.8. The summed E-state index contributed by atoms with van der Waals surface area (Å²) in [7, 11) is 1.60. The van der Waals surface area contributed by atoms with Gasteiger partial charge in [-0.2, -0.15) is 5.10 Å². The lowest BCUT2D eigenvalue weighted by atomic mass is 10.2. The number of rotatable bonds is 4.